The molecule has 1 aromatic heterocycles. The van der Waals surface area contributed by atoms with Crippen molar-refractivity contribution in [3.8, 4) is 6.07 Å². The second-order valence-corrected chi connectivity index (χ2v) is 7.16. The van der Waals surface area contributed by atoms with Crippen LogP contribution >= 0.6 is 0 Å². The van der Waals surface area contributed by atoms with Gasteiger partial charge in [0.15, 0.2) is 0 Å². The van der Waals surface area contributed by atoms with Crippen LogP contribution < -0.4 is 0 Å². The van der Waals surface area contributed by atoms with Crippen molar-refractivity contribution < 1.29 is 18.8 Å². The predicted molar refractivity (Wildman–Crippen MR) is 111 cm³/mol. The minimum atomic E-state index is -0.423. The Morgan fingerprint density at radius 3 is 2.48 bits per heavy atom. The van der Waals surface area contributed by atoms with Crippen molar-refractivity contribution in [2.75, 3.05) is 6.54 Å². The number of benzene rings is 2. The van der Waals surface area contributed by atoms with E-state index in [1.54, 1.807) is 18.2 Å². The number of hydrogen-bond acceptors (Lipinski definition) is 5. The molecule has 7 nitrogen and oxygen atoms in total. The van der Waals surface area contributed by atoms with Crippen LogP contribution in [-0.2, 0) is 13.1 Å². The molecule has 4 rings (SSSR count). The van der Waals surface area contributed by atoms with Crippen LogP contribution in [0.5, 0.6) is 0 Å². The SMILES string of the molecule is N#CCCN(Cc1ccco1)C(=O)c1ccc2c(c1)C(=O)N(Cc1ccccc1)C2=O. The first-order valence-corrected chi connectivity index (χ1v) is 9.81. The molecule has 154 valence electrons. The molecule has 0 unspecified atom stereocenters. The van der Waals surface area contributed by atoms with Crippen LogP contribution in [0.4, 0.5) is 0 Å². The Kier molecular flexibility index (Phi) is 5.63. The van der Waals surface area contributed by atoms with Crippen molar-refractivity contribution in [1.82, 2.24) is 9.80 Å². The quantitative estimate of drug-likeness (QED) is 0.551. The summed E-state index contributed by atoms with van der Waals surface area (Å²) in [7, 11) is 0. The number of nitrogens with zero attached hydrogens (tertiary/aromatic N) is 3. The smallest absolute Gasteiger partial charge is 0.261 e. The third-order valence-corrected chi connectivity index (χ3v) is 5.11. The molecule has 0 atom stereocenters. The number of carbonyl (C=O) groups excluding carboxylic acids is 3. The Labute approximate surface area is 179 Å². The van der Waals surface area contributed by atoms with Gasteiger partial charge in [-0.1, -0.05) is 30.3 Å². The Balaban J connectivity index is 1.58. The lowest BCUT2D eigenvalue weighted by Gasteiger charge is -2.20. The van der Waals surface area contributed by atoms with E-state index in [0.29, 0.717) is 5.76 Å². The van der Waals surface area contributed by atoms with Crippen LogP contribution in [-0.4, -0.2) is 34.1 Å². The van der Waals surface area contributed by atoms with E-state index in [1.807, 2.05) is 36.4 Å². The van der Waals surface area contributed by atoms with Crippen molar-refractivity contribution >= 4 is 17.7 Å². The van der Waals surface area contributed by atoms with Gasteiger partial charge < -0.3 is 9.32 Å². The van der Waals surface area contributed by atoms with Crippen molar-refractivity contribution in [3.63, 3.8) is 0 Å². The highest BCUT2D eigenvalue weighted by Crippen LogP contribution is 2.26. The van der Waals surface area contributed by atoms with Crippen molar-refractivity contribution in [3.05, 3.63) is 94.9 Å². The van der Waals surface area contributed by atoms with E-state index in [9.17, 15) is 14.4 Å². The van der Waals surface area contributed by atoms with Gasteiger partial charge in [-0.15, -0.1) is 0 Å². The lowest BCUT2D eigenvalue weighted by atomic mass is 10.0. The molecular weight excluding hydrogens is 394 g/mol. The summed E-state index contributed by atoms with van der Waals surface area (Å²) in [4.78, 5) is 41.4. The predicted octanol–water partition coefficient (Wildman–Crippen LogP) is 3.63. The molecular formula is C24H19N3O4. The topological polar surface area (TPSA) is 94.6 Å². The summed E-state index contributed by atoms with van der Waals surface area (Å²) in [6.45, 7) is 0.598. The van der Waals surface area contributed by atoms with Crippen LogP contribution in [0.25, 0.3) is 0 Å². The Morgan fingerprint density at radius 1 is 1.00 bits per heavy atom. The molecule has 7 heteroatoms. The second kappa shape index (κ2) is 8.67. The lowest BCUT2D eigenvalue weighted by Crippen LogP contribution is -2.31. The monoisotopic (exact) mass is 413 g/mol. The Bertz CT molecular complexity index is 1160. The molecule has 0 radical (unpaired) electrons. The van der Waals surface area contributed by atoms with E-state index in [1.165, 1.54) is 28.2 Å². The van der Waals surface area contributed by atoms with Crippen LogP contribution in [0.2, 0.25) is 0 Å². The standard InChI is InChI=1S/C24H19N3O4/c25-11-5-12-26(16-19-8-4-13-31-19)22(28)18-9-10-20-21(14-18)24(30)27(23(20)29)15-17-6-2-1-3-7-17/h1-4,6-10,13-14H,5,12,15-16H2. The molecule has 2 heterocycles. The largest absolute Gasteiger partial charge is 0.467 e. The molecule has 0 aliphatic carbocycles. The fourth-order valence-electron chi connectivity index (χ4n) is 3.54. The fraction of sp³-hybridized carbons (Fsp3) is 0.167. The van der Waals surface area contributed by atoms with Crippen LogP contribution in [0.1, 0.15) is 48.8 Å². The molecule has 2 aromatic carbocycles. The molecule has 0 bridgehead atoms. The first-order chi connectivity index (χ1) is 15.1. The Morgan fingerprint density at radius 2 is 1.77 bits per heavy atom. The summed E-state index contributed by atoms with van der Waals surface area (Å²) < 4.78 is 5.32. The summed E-state index contributed by atoms with van der Waals surface area (Å²) >= 11 is 0. The summed E-state index contributed by atoms with van der Waals surface area (Å²) in [5.41, 5.74) is 1.62. The first kappa shape index (κ1) is 20.1. The van der Waals surface area contributed by atoms with Gasteiger partial charge in [0.05, 0.1) is 43.0 Å². The number of amides is 3. The van der Waals surface area contributed by atoms with Gasteiger partial charge in [-0.05, 0) is 35.9 Å². The highest BCUT2D eigenvalue weighted by Gasteiger charge is 2.36. The Hall–Kier alpha value is -4.18. The summed E-state index contributed by atoms with van der Waals surface area (Å²) in [6.07, 6.45) is 1.68. The van der Waals surface area contributed by atoms with Gasteiger partial charge >= 0.3 is 0 Å². The zero-order valence-electron chi connectivity index (χ0n) is 16.7. The van der Waals surface area contributed by atoms with E-state index in [-0.39, 0.29) is 54.6 Å². The van der Waals surface area contributed by atoms with E-state index < -0.39 is 5.91 Å². The molecule has 3 aromatic rings. The van der Waals surface area contributed by atoms with Gasteiger partial charge in [-0.25, -0.2) is 0 Å². The lowest BCUT2D eigenvalue weighted by molar-refractivity contribution is 0.0642. The van der Waals surface area contributed by atoms with Gasteiger partial charge in [0, 0.05) is 12.1 Å². The fourth-order valence-corrected chi connectivity index (χ4v) is 3.54. The van der Waals surface area contributed by atoms with E-state index in [4.69, 9.17) is 9.68 Å². The molecule has 0 saturated carbocycles. The van der Waals surface area contributed by atoms with Gasteiger partial charge in [0.25, 0.3) is 17.7 Å². The second-order valence-electron chi connectivity index (χ2n) is 7.16. The number of rotatable bonds is 7. The summed E-state index contributed by atoms with van der Waals surface area (Å²) in [5.74, 6) is -0.545. The maximum Gasteiger partial charge on any atom is 0.261 e. The molecule has 31 heavy (non-hydrogen) atoms. The zero-order chi connectivity index (χ0) is 21.8. The zero-order valence-corrected chi connectivity index (χ0v) is 16.7. The average Bonchev–Trinajstić information content (AvgIpc) is 3.39. The third-order valence-electron chi connectivity index (χ3n) is 5.11. The molecule has 0 fully saturated rings. The van der Waals surface area contributed by atoms with Crippen LogP contribution in [0, 0.1) is 11.3 Å². The van der Waals surface area contributed by atoms with E-state index in [0.717, 1.165) is 5.56 Å². The van der Waals surface area contributed by atoms with E-state index in [2.05, 4.69) is 0 Å². The van der Waals surface area contributed by atoms with Crippen LogP contribution in [0.15, 0.2) is 71.3 Å². The minimum absolute atomic E-state index is 0.166. The summed E-state index contributed by atoms with van der Waals surface area (Å²) in [5, 5.41) is 8.94. The molecule has 1 aliphatic rings. The van der Waals surface area contributed by atoms with E-state index >= 15 is 0 Å². The number of carbonyl (C=O) groups is 3. The molecule has 3 amide bonds. The first-order valence-electron chi connectivity index (χ1n) is 9.81. The summed E-state index contributed by atoms with van der Waals surface area (Å²) in [6, 6.07) is 19.3. The van der Waals surface area contributed by atoms with Gasteiger partial charge in [-0.2, -0.15) is 5.26 Å². The van der Waals surface area contributed by atoms with Gasteiger partial charge in [0.1, 0.15) is 5.76 Å². The average molecular weight is 413 g/mol. The van der Waals surface area contributed by atoms with Crippen molar-refractivity contribution in [1.29, 1.82) is 5.26 Å². The maximum absolute atomic E-state index is 13.1. The van der Waals surface area contributed by atoms with Crippen molar-refractivity contribution in [2.24, 2.45) is 0 Å². The van der Waals surface area contributed by atoms with Crippen molar-refractivity contribution in [2.45, 2.75) is 19.5 Å². The number of nitriles is 1. The highest BCUT2D eigenvalue weighted by atomic mass is 16.3. The third kappa shape index (κ3) is 4.09. The van der Waals surface area contributed by atoms with Gasteiger partial charge in [0.2, 0.25) is 0 Å². The molecule has 0 N–H and O–H groups in total. The molecule has 0 spiro atoms. The number of imide groups is 1. The number of furan rings is 1. The normalized spacial score (nSPS) is 12.5. The van der Waals surface area contributed by atoms with Crippen LogP contribution in [0.3, 0.4) is 0 Å². The minimum Gasteiger partial charge on any atom is -0.467 e. The molecule has 0 saturated heterocycles. The maximum atomic E-state index is 13.1. The molecule has 1 aliphatic heterocycles. The highest BCUT2D eigenvalue weighted by molar-refractivity contribution is 6.22. The number of hydrogen-bond donors (Lipinski definition) is 0. The van der Waals surface area contributed by atoms with Gasteiger partial charge in [-0.3, -0.25) is 19.3 Å². The number of fused-ring (bicyclic) bond motifs is 1.